The minimum atomic E-state index is -4.49. The number of benzene rings is 2. The van der Waals surface area contributed by atoms with Gasteiger partial charge in [0.15, 0.2) is 0 Å². The summed E-state index contributed by atoms with van der Waals surface area (Å²) in [4.78, 5) is 20.7. The second-order valence-corrected chi connectivity index (χ2v) is 6.93. The van der Waals surface area contributed by atoms with Crippen molar-refractivity contribution in [3.05, 3.63) is 78.9 Å². The third-order valence-electron chi connectivity index (χ3n) is 4.40. The maximum atomic E-state index is 12.8. The molecule has 2 heterocycles. The van der Waals surface area contributed by atoms with E-state index in [1.807, 2.05) is 0 Å². The molecule has 2 aromatic carbocycles. The van der Waals surface area contributed by atoms with Gasteiger partial charge in [0, 0.05) is 30.2 Å². The van der Waals surface area contributed by atoms with Gasteiger partial charge in [0.2, 0.25) is 5.88 Å². The number of hydrogen-bond acceptors (Lipinski definition) is 5. The van der Waals surface area contributed by atoms with Crippen LogP contribution in [0.3, 0.4) is 0 Å². The van der Waals surface area contributed by atoms with Crippen molar-refractivity contribution in [2.24, 2.45) is 7.05 Å². The van der Waals surface area contributed by atoms with E-state index in [0.29, 0.717) is 17.1 Å². The van der Waals surface area contributed by atoms with Crippen LogP contribution in [0.1, 0.15) is 5.56 Å². The zero-order chi connectivity index (χ0) is 23.4. The fourth-order valence-electron chi connectivity index (χ4n) is 2.88. The van der Waals surface area contributed by atoms with Crippen LogP contribution < -0.4 is 15.4 Å². The molecular formula is C22H17F3N6O2. The topological polar surface area (TPSA) is 94.0 Å². The van der Waals surface area contributed by atoms with Gasteiger partial charge in [-0.25, -0.2) is 9.78 Å². The van der Waals surface area contributed by atoms with Crippen LogP contribution in [0, 0.1) is 0 Å². The van der Waals surface area contributed by atoms with Crippen LogP contribution in [0.5, 0.6) is 11.6 Å². The minimum Gasteiger partial charge on any atom is -0.437 e. The number of carbonyl (C=O) groups is 1. The Hall–Kier alpha value is -4.41. The fourth-order valence-corrected chi connectivity index (χ4v) is 2.88. The van der Waals surface area contributed by atoms with Gasteiger partial charge in [0.1, 0.15) is 5.75 Å². The number of ether oxygens (including phenoxy) is 1. The van der Waals surface area contributed by atoms with Crippen molar-refractivity contribution in [2.75, 3.05) is 10.6 Å². The molecule has 168 valence electrons. The molecular weight excluding hydrogens is 437 g/mol. The van der Waals surface area contributed by atoms with Crippen molar-refractivity contribution < 1.29 is 22.7 Å². The van der Waals surface area contributed by atoms with Crippen molar-refractivity contribution in [1.82, 2.24) is 19.7 Å². The smallest absolute Gasteiger partial charge is 0.416 e. The van der Waals surface area contributed by atoms with Crippen LogP contribution in [0.4, 0.5) is 29.3 Å². The number of carbonyl (C=O) groups excluding carboxylic acids is 1. The summed E-state index contributed by atoms with van der Waals surface area (Å²) in [5, 5.41) is 9.02. The summed E-state index contributed by atoms with van der Waals surface area (Å²) in [6, 6.07) is 10.1. The van der Waals surface area contributed by atoms with E-state index < -0.39 is 17.8 Å². The summed E-state index contributed by atoms with van der Waals surface area (Å²) in [7, 11) is 1.80. The first-order chi connectivity index (χ1) is 15.8. The molecule has 2 amide bonds. The van der Waals surface area contributed by atoms with Crippen molar-refractivity contribution in [3.8, 4) is 22.9 Å². The minimum absolute atomic E-state index is 0.0225. The van der Waals surface area contributed by atoms with Gasteiger partial charge < -0.3 is 15.4 Å². The molecule has 4 rings (SSSR count). The molecule has 0 saturated carbocycles. The molecule has 0 fully saturated rings. The van der Waals surface area contributed by atoms with Crippen molar-refractivity contribution >= 4 is 17.4 Å². The highest BCUT2D eigenvalue weighted by molar-refractivity contribution is 5.99. The molecule has 0 saturated heterocycles. The van der Waals surface area contributed by atoms with E-state index >= 15 is 0 Å². The molecule has 0 aliphatic rings. The molecule has 2 aromatic heterocycles. The number of rotatable bonds is 5. The van der Waals surface area contributed by atoms with E-state index in [1.54, 1.807) is 54.6 Å². The summed E-state index contributed by atoms with van der Waals surface area (Å²) >= 11 is 0. The van der Waals surface area contributed by atoms with Crippen molar-refractivity contribution in [1.29, 1.82) is 0 Å². The Labute approximate surface area is 186 Å². The molecule has 0 atom stereocenters. The number of nitrogens with zero attached hydrogens (tertiary/aromatic N) is 4. The van der Waals surface area contributed by atoms with E-state index in [1.165, 1.54) is 18.3 Å². The summed E-state index contributed by atoms with van der Waals surface area (Å²) in [5.74, 6) is 0.732. The molecule has 0 spiro atoms. The average molecular weight is 454 g/mol. The van der Waals surface area contributed by atoms with Crippen molar-refractivity contribution in [3.63, 3.8) is 0 Å². The molecule has 11 heteroatoms. The standard InChI is InChI=1S/C22H17F3N6O2/c1-31-13-14(10-27-31)19-11-26-12-20(30-19)33-18-7-5-16(6-8-18)28-21(32)29-17-4-2-3-15(9-17)22(23,24)25/h2-13H,1H3,(H2,28,29,32). The number of urea groups is 1. The van der Waals surface area contributed by atoms with E-state index in [2.05, 4.69) is 25.7 Å². The van der Waals surface area contributed by atoms with Crippen LogP contribution in [0.2, 0.25) is 0 Å². The number of aromatic nitrogens is 4. The Bertz CT molecular complexity index is 1270. The van der Waals surface area contributed by atoms with E-state index in [0.717, 1.165) is 17.7 Å². The SMILES string of the molecule is Cn1cc(-c2cncc(Oc3ccc(NC(=O)Nc4cccc(C(F)(F)F)c4)cc3)n2)cn1. The summed E-state index contributed by atoms with van der Waals surface area (Å²) < 4.78 is 45.8. The second-order valence-electron chi connectivity index (χ2n) is 6.93. The van der Waals surface area contributed by atoms with Crippen LogP contribution in [-0.4, -0.2) is 25.8 Å². The Morgan fingerprint density at radius 1 is 1.00 bits per heavy atom. The average Bonchev–Trinajstić information content (AvgIpc) is 3.21. The number of aryl methyl sites for hydroxylation is 1. The molecule has 2 N–H and O–H groups in total. The predicted octanol–water partition coefficient (Wildman–Crippen LogP) is 5.33. The largest absolute Gasteiger partial charge is 0.437 e. The lowest BCUT2D eigenvalue weighted by atomic mass is 10.2. The first kappa shape index (κ1) is 21.8. The maximum absolute atomic E-state index is 12.8. The number of hydrogen-bond donors (Lipinski definition) is 2. The Morgan fingerprint density at radius 3 is 2.45 bits per heavy atom. The third-order valence-corrected chi connectivity index (χ3v) is 4.40. The zero-order valence-electron chi connectivity index (χ0n) is 17.2. The van der Waals surface area contributed by atoms with Crippen LogP contribution >= 0.6 is 0 Å². The van der Waals surface area contributed by atoms with Crippen molar-refractivity contribution in [2.45, 2.75) is 6.18 Å². The van der Waals surface area contributed by atoms with Gasteiger partial charge in [-0.1, -0.05) is 6.07 Å². The van der Waals surface area contributed by atoms with E-state index in [-0.39, 0.29) is 11.6 Å². The highest BCUT2D eigenvalue weighted by Crippen LogP contribution is 2.30. The van der Waals surface area contributed by atoms with Crippen LogP contribution in [0.15, 0.2) is 73.3 Å². The first-order valence-corrected chi connectivity index (χ1v) is 9.60. The van der Waals surface area contributed by atoms with Gasteiger partial charge in [-0.3, -0.25) is 9.67 Å². The number of nitrogens with one attached hydrogen (secondary N) is 2. The normalized spacial score (nSPS) is 11.2. The lowest BCUT2D eigenvalue weighted by molar-refractivity contribution is -0.137. The maximum Gasteiger partial charge on any atom is 0.416 e. The highest BCUT2D eigenvalue weighted by atomic mass is 19.4. The molecule has 0 aliphatic carbocycles. The van der Waals surface area contributed by atoms with Gasteiger partial charge in [-0.15, -0.1) is 0 Å². The Morgan fingerprint density at radius 2 is 1.76 bits per heavy atom. The van der Waals surface area contributed by atoms with Gasteiger partial charge in [-0.05, 0) is 42.5 Å². The van der Waals surface area contributed by atoms with Gasteiger partial charge in [-0.2, -0.15) is 18.3 Å². The van der Waals surface area contributed by atoms with Crippen LogP contribution in [0.25, 0.3) is 11.3 Å². The molecule has 0 radical (unpaired) electrons. The highest BCUT2D eigenvalue weighted by Gasteiger charge is 2.30. The number of anilines is 2. The quantitative estimate of drug-likeness (QED) is 0.425. The lowest BCUT2D eigenvalue weighted by Crippen LogP contribution is -2.19. The van der Waals surface area contributed by atoms with Crippen LogP contribution in [-0.2, 0) is 13.2 Å². The number of alkyl halides is 3. The molecule has 8 nitrogen and oxygen atoms in total. The fraction of sp³-hybridized carbons (Fsp3) is 0.0909. The molecule has 0 aliphatic heterocycles. The van der Waals surface area contributed by atoms with Gasteiger partial charge in [0.25, 0.3) is 0 Å². The Kier molecular flexibility index (Phi) is 5.94. The second kappa shape index (κ2) is 8.99. The monoisotopic (exact) mass is 454 g/mol. The summed E-state index contributed by atoms with van der Waals surface area (Å²) in [6.45, 7) is 0. The molecule has 0 bridgehead atoms. The predicted molar refractivity (Wildman–Crippen MR) is 115 cm³/mol. The molecule has 4 aromatic rings. The number of halogens is 3. The van der Waals surface area contributed by atoms with E-state index in [9.17, 15) is 18.0 Å². The van der Waals surface area contributed by atoms with Gasteiger partial charge >= 0.3 is 12.2 Å². The van der Waals surface area contributed by atoms with E-state index in [4.69, 9.17) is 4.74 Å². The third kappa shape index (κ3) is 5.64. The molecule has 33 heavy (non-hydrogen) atoms. The first-order valence-electron chi connectivity index (χ1n) is 9.60. The summed E-state index contributed by atoms with van der Waals surface area (Å²) in [5.41, 5.74) is 0.987. The lowest BCUT2D eigenvalue weighted by Gasteiger charge is -2.11. The Balaban J connectivity index is 1.37. The summed E-state index contributed by atoms with van der Waals surface area (Å²) in [6.07, 6.45) is 2.04. The van der Waals surface area contributed by atoms with Gasteiger partial charge in [0.05, 0.1) is 29.8 Å². The number of amides is 2. The molecule has 0 unspecified atom stereocenters. The zero-order valence-corrected chi connectivity index (χ0v) is 17.2.